The summed E-state index contributed by atoms with van der Waals surface area (Å²) in [5.74, 6) is -1.04. The molecular formula is C48H90O16P2. The van der Waals surface area contributed by atoms with E-state index in [2.05, 4.69) is 25.3 Å². The molecule has 388 valence electrons. The number of phosphoric acid groups is 2. The van der Waals surface area contributed by atoms with Gasteiger partial charge in [0.15, 0.2) is 6.10 Å². The van der Waals surface area contributed by atoms with Gasteiger partial charge in [-0.2, -0.15) is 0 Å². The molecule has 66 heavy (non-hydrogen) atoms. The first-order valence-corrected chi connectivity index (χ1v) is 28.4. The standard InChI is InChI=1S/C48H90O16P2/c1-4-5-22-28-40(49)32-33-44-43(45(51)34-46(44)52)29-24-20-21-26-31-48(54)64-42(38-63-66(58,59)62-36-41(50)35-61-65(55,56)57)37-60-47(53)30-25-19-17-15-13-11-9-7-6-8-10-12-14-16-18-23-27-39(2)3/h32-33,39-44,46,49-50,52H,4-31,34-38H2,1-3H3,(H,58,59)(H2,55,56,57)/b33-32+/t40-,41-,42+,43+,44+,46+/m0/s1. The number of carbonyl (C=O) groups is 3. The van der Waals surface area contributed by atoms with Crippen molar-refractivity contribution in [1.82, 2.24) is 0 Å². The molecule has 1 unspecified atom stereocenters. The van der Waals surface area contributed by atoms with Gasteiger partial charge in [-0.3, -0.25) is 28.0 Å². The molecule has 0 aromatic rings. The number of Topliss-reactive ketones (excluding diaryl/α,β-unsaturated/α-hetero) is 1. The van der Waals surface area contributed by atoms with E-state index in [-0.39, 0.29) is 36.9 Å². The van der Waals surface area contributed by atoms with Crippen molar-refractivity contribution in [2.24, 2.45) is 17.8 Å². The van der Waals surface area contributed by atoms with Crippen LogP contribution in [0, 0.1) is 17.8 Å². The Kier molecular flexibility index (Phi) is 36.2. The number of phosphoric ester groups is 2. The number of hydrogen-bond donors (Lipinski definition) is 6. The lowest BCUT2D eigenvalue weighted by atomic mass is 9.88. The van der Waals surface area contributed by atoms with E-state index >= 15 is 0 Å². The Balaban J connectivity index is 2.45. The molecular weight excluding hydrogens is 894 g/mol. The first kappa shape index (κ1) is 62.5. The van der Waals surface area contributed by atoms with Crippen LogP contribution in [0.25, 0.3) is 0 Å². The molecule has 7 atom stereocenters. The van der Waals surface area contributed by atoms with Gasteiger partial charge in [-0.25, -0.2) is 9.13 Å². The molecule has 18 heteroatoms. The zero-order valence-electron chi connectivity index (χ0n) is 40.7. The molecule has 1 aliphatic carbocycles. The van der Waals surface area contributed by atoms with E-state index in [0.29, 0.717) is 44.9 Å². The number of aliphatic hydroxyl groups excluding tert-OH is 3. The molecule has 1 saturated carbocycles. The number of ether oxygens (including phenoxy) is 2. The second-order valence-corrected chi connectivity index (χ2v) is 21.4. The normalized spacial score (nSPS) is 19.1. The van der Waals surface area contributed by atoms with Crippen LogP contribution in [0.1, 0.15) is 207 Å². The van der Waals surface area contributed by atoms with Crippen LogP contribution in [0.3, 0.4) is 0 Å². The fraction of sp³-hybridized carbons (Fsp3) is 0.896. The Morgan fingerprint density at radius 1 is 0.652 bits per heavy atom. The average molecular weight is 985 g/mol. The van der Waals surface area contributed by atoms with Gasteiger partial charge < -0.3 is 39.5 Å². The van der Waals surface area contributed by atoms with Crippen molar-refractivity contribution in [3.05, 3.63) is 12.2 Å². The predicted molar refractivity (Wildman–Crippen MR) is 254 cm³/mol. The number of carbonyl (C=O) groups excluding carboxylic acids is 3. The highest BCUT2D eigenvalue weighted by Crippen LogP contribution is 2.44. The highest BCUT2D eigenvalue weighted by atomic mass is 31.2. The van der Waals surface area contributed by atoms with Crippen LogP contribution in [-0.2, 0) is 46.6 Å². The van der Waals surface area contributed by atoms with Gasteiger partial charge in [-0.15, -0.1) is 0 Å². The van der Waals surface area contributed by atoms with Crippen LogP contribution in [0.15, 0.2) is 12.2 Å². The molecule has 0 radical (unpaired) electrons. The quantitative estimate of drug-likeness (QED) is 0.0144. The lowest BCUT2D eigenvalue weighted by Crippen LogP contribution is -2.30. The molecule has 6 N–H and O–H groups in total. The van der Waals surface area contributed by atoms with Crippen molar-refractivity contribution in [2.45, 2.75) is 231 Å². The van der Waals surface area contributed by atoms with Crippen LogP contribution in [-0.4, -0.2) is 98.6 Å². The minimum absolute atomic E-state index is 0.00309. The molecule has 0 saturated heterocycles. The Morgan fingerprint density at radius 3 is 1.68 bits per heavy atom. The van der Waals surface area contributed by atoms with Crippen molar-refractivity contribution < 1.29 is 76.6 Å². The first-order valence-electron chi connectivity index (χ1n) is 25.3. The van der Waals surface area contributed by atoms with Gasteiger partial charge in [0.1, 0.15) is 18.5 Å². The van der Waals surface area contributed by atoms with Crippen molar-refractivity contribution >= 4 is 33.4 Å². The maximum Gasteiger partial charge on any atom is 0.472 e. The van der Waals surface area contributed by atoms with Gasteiger partial charge in [0.25, 0.3) is 0 Å². The molecule has 0 amide bonds. The van der Waals surface area contributed by atoms with Crippen LogP contribution in [0.2, 0.25) is 0 Å². The van der Waals surface area contributed by atoms with E-state index in [1.54, 1.807) is 12.2 Å². The molecule has 0 bridgehead atoms. The Bertz CT molecular complexity index is 1390. The Hall–Kier alpha value is -1.55. The molecule has 16 nitrogen and oxygen atoms in total. The summed E-state index contributed by atoms with van der Waals surface area (Å²) < 4.78 is 48.0. The minimum atomic E-state index is -4.90. The third-order valence-corrected chi connectivity index (χ3v) is 13.4. The zero-order valence-corrected chi connectivity index (χ0v) is 42.5. The summed E-state index contributed by atoms with van der Waals surface area (Å²) in [7, 11) is -9.77. The molecule has 0 aromatic heterocycles. The highest BCUT2D eigenvalue weighted by molar-refractivity contribution is 7.47. The minimum Gasteiger partial charge on any atom is -0.462 e. The number of unbranched alkanes of at least 4 members (excludes halogenated alkanes) is 20. The van der Waals surface area contributed by atoms with E-state index in [1.807, 2.05) is 0 Å². The summed E-state index contributed by atoms with van der Waals surface area (Å²) in [6.45, 7) is 3.76. The maximum absolute atomic E-state index is 12.8. The molecule has 0 spiro atoms. The summed E-state index contributed by atoms with van der Waals surface area (Å²) in [6, 6.07) is 0. The average Bonchev–Trinajstić information content (AvgIpc) is 3.53. The number of hydrogen-bond acceptors (Lipinski definition) is 13. The van der Waals surface area contributed by atoms with Crippen molar-refractivity contribution in [2.75, 3.05) is 26.4 Å². The number of rotatable bonds is 44. The van der Waals surface area contributed by atoms with Crippen LogP contribution in [0.4, 0.5) is 0 Å². The lowest BCUT2D eigenvalue weighted by molar-refractivity contribution is -0.161. The maximum atomic E-state index is 12.8. The van der Waals surface area contributed by atoms with Crippen molar-refractivity contribution in [3.63, 3.8) is 0 Å². The fourth-order valence-electron chi connectivity index (χ4n) is 8.08. The first-order chi connectivity index (χ1) is 31.4. The summed E-state index contributed by atoms with van der Waals surface area (Å²) >= 11 is 0. The summed E-state index contributed by atoms with van der Waals surface area (Å²) in [6.07, 6.45) is 26.7. The van der Waals surface area contributed by atoms with Gasteiger partial charge in [-0.05, 0) is 31.6 Å². The van der Waals surface area contributed by atoms with Crippen LogP contribution < -0.4 is 0 Å². The van der Waals surface area contributed by atoms with Crippen LogP contribution >= 0.6 is 15.6 Å². The second kappa shape index (κ2) is 38.2. The van der Waals surface area contributed by atoms with Crippen molar-refractivity contribution in [1.29, 1.82) is 0 Å². The number of esters is 2. The predicted octanol–water partition coefficient (Wildman–Crippen LogP) is 10.1. The molecule has 1 fully saturated rings. The van der Waals surface area contributed by atoms with Gasteiger partial charge in [0.2, 0.25) is 0 Å². The number of aliphatic hydroxyl groups is 3. The Morgan fingerprint density at radius 2 is 1.14 bits per heavy atom. The van der Waals surface area contributed by atoms with E-state index in [4.69, 9.17) is 28.3 Å². The number of ketones is 1. The highest BCUT2D eigenvalue weighted by Gasteiger charge is 2.39. The lowest BCUT2D eigenvalue weighted by Gasteiger charge is -2.20. The van der Waals surface area contributed by atoms with Gasteiger partial charge in [0.05, 0.1) is 32.0 Å². The van der Waals surface area contributed by atoms with E-state index in [9.17, 15) is 43.7 Å². The third-order valence-electron chi connectivity index (χ3n) is 12.0. The van der Waals surface area contributed by atoms with E-state index in [1.165, 1.54) is 83.5 Å². The molecule has 0 aliphatic heterocycles. The second-order valence-electron chi connectivity index (χ2n) is 18.7. The topological polar surface area (TPSA) is 253 Å². The SMILES string of the molecule is CCCCC[C@H](O)/C=C/[C@H]1[C@H](O)CC(=O)[C@@H]1CCCCCCC(=O)O[C@H](COC(=O)CCCCCCCCCCCCCCCCCCC(C)C)COP(=O)(O)OC[C@@H](O)COP(=O)(O)O. The molecule has 0 aromatic carbocycles. The summed E-state index contributed by atoms with van der Waals surface area (Å²) in [5, 5.41) is 30.6. The van der Waals surface area contributed by atoms with E-state index in [0.717, 1.165) is 44.4 Å². The summed E-state index contributed by atoms with van der Waals surface area (Å²) in [5.41, 5.74) is 0. The largest absolute Gasteiger partial charge is 0.472 e. The third kappa shape index (κ3) is 35.5. The van der Waals surface area contributed by atoms with Gasteiger partial charge in [0, 0.05) is 31.1 Å². The Labute approximate surface area is 396 Å². The van der Waals surface area contributed by atoms with Gasteiger partial charge >= 0.3 is 27.6 Å². The molecule has 1 aliphatic rings. The van der Waals surface area contributed by atoms with E-state index < -0.39 is 78.4 Å². The zero-order chi connectivity index (χ0) is 49.1. The van der Waals surface area contributed by atoms with Gasteiger partial charge in [-0.1, -0.05) is 174 Å². The summed E-state index contributed by atoms with van der Waals surface area (Å²) in [4.78, 5) is 65.8. The smallest absolute Gasteiger partial charge is 0.462 e. The van der Waals surface area contributed by atoms with Crippen molar-refractivity contribution in [3.8, 4) is 0 Å². The molecule has 0 heterocycles. The molecule has 1 rings (SSSR count). The van der Waals surface area contributed by atoms with Crippen LogP contribution in [0.5, 0.6) is 0 Å². The fourth-order valence-corrected chi connectivity index (χ4v) is 9.23. The monoisotopic (exact) mass is 985 g/mol.